The molecule has 1 fully saturated rings. The summed E-state index contributed by atoms with van der Waals surface area (Å²) in [6.45, 7) is 7.81. The van der Waals surface area contributed by atoms with E-state index in [0.717, 1.165) is 23.2 Å². The van der Waals surface area contributed by atoms with Crippen molar-refractivity contribution in [3.05, 3.63) is 29.3 Å². The van der Waals surface area contributed by atoms with E-state index in [4.69, 9.17) is 4.74 Å². The molecule has 0 radical (unpaired) electrons. The zero-order valence-electron chi connectivity index (χ0n) is 14.9. The highest BCUT2D eigenvalue weighted by Crippen LogP contribution is 2.24. The predicted molar refractivity (Wildman–Crippen MR) is 102 cm³/mol. The van der Waals surface area contributed by atoms with Gasteiger partial charge in [0.25, 0.3) is 0 Å². The van der Waals surface area contributed by atoms with Crippen LogP contribution in [-0.2, 0) is 14.3 Å². The van der Waals surface area contributed by atoms with Crippen LogP contribution in [0.3, 0.4) is 0 Å². The Morgan fingerprint density at radius 1 is 1.36 bits per heavy atom. The van der Waals surface area contributed by atoms with Crippen LogP contribution in [0, 0.1) is 13.8 Å². The summed E-state index contributed by atoms with van der Waals surface area (Å²) in [6, 6.07) is 5.86. The predicted octanol–water partition coefficient (Wildman–Crippen LogP) is 2.65. The van der Waals surface area contributed by atoms with Crippen molar-refractivity contribution in [3.8, 4) is 0 Å². The summed E-state index contributed by atoms with van der Waals surface area (Å²) in [4.78, 5) is 28.7. The summed E-state index contributed by atoms with van der Waals surface area (Å²) in [5.74, 6) is -0.326. The Kier molecular flexibility index (Phi) is 7.46. The van der Waals surface area contributed by atoms with E-state index in [1.54, 1.807) is 0 Å². The number of aliphatic imine (C=N–C) groups is 1. The highest BCUT2D eigenvalue weighted by atomic mass is 32.2. The molecule has 0 bridgehead atoms. The number of anilines is 1. The molecule has 1 aliphatic rings. The minimum absolute atomic E-state index is 0.127. The van der Waals surface area contributed by atoms with Crippen molar-refractivity contribution < 1.29 is 14.3 Å². The first-order chi connectivity index (χ1) is 12.0. The van der Waals surface area contributed by atoms with Crippen molar-refractivity contribution in [2.45, 2.75) is 38.9 Å². The fourth-order valence-electron chi connectivity index (χ4n) is 2.48. The van der Waals surface area contributed by atoms with Crippen LogP contribution in [0.2, 0.25) is 0 Å². The molecule has 136 valence electrons. The van der Waals surface area contributed by atoms with Gasteiger partial charge in [0.2, 0.25) is 11.8 Å². The SMILES string of the molecule is CCOCCCN=C1NC(=O)[C@H](CC(=O)Nc2c(C)cccc2C)S1. The molecule has 0 aromatic heterocycles. The number of thioether (sulfide) groups is 1. The second-order valence-electron chi connectivity index (χ2n) is 5.85. The smallest absolute Gasteiger partial charge is 0.240 e. The van der Waals surface area contributed by atoms with E-state index in [1.165, 1.54) is 11.8 Å². The van der Waals surface area contributed by atoms with Crippen LogP contribution >= 0.6 is 11.8 Å². The first-order valence-electron chi connectivity index (χ1n) is 8.47. The van der Waals surface area contributed by atoms with Gasteiger partial charge in [-0.1, -0.05) is 30.0 Å². The number of para-hydroxylation sites is 1. The average Bonchev–Trinajstić information content (AvgIpc) is 2.90. The van der Waals surface area contributed by atoms with E-state index in [1.807, 2.05) is 39.0 Å². The number of benzene rings is 1. The summed E-state index contributed by atoms with van der Waals surface area (Å²) in [6.07, 6.45) is 0.938. The minimum atomic E-state index is -0.435. The highest BCUT2D eigenvalue weighted by molar-refractivity contribution is 8.15. The van der Waals surface area contributed by atoms with Crippen LogP contribution in [0.1, 0.15) is 30.9 Å². The van der Waals surface area contributed by atoms with Crippen molar-refractivity contribution in [3.63, 3.8) is 0 Å². The number of nitrogens with one attached hydrogen (secondary N) is 2. The Morgan fingerprint density at radius 3 is 2.76 bits per heavy atom. The van der Waals surface area contributed by atoms with Gasteiger partial charge >= 0.3 is 0 Å². The topological polar surface area (TPSA) is 79.8 Å². The fraction of sp³-hybridized carbons (Fsp3) is 0.500. The monoisotopic (exact) mass is 363 g/mol. The number of amides is 2. The van der Waals surface area contributed by atoms with Crippen LogP contribution in [0.5, 0.6) is 0 Å². The van der Waals surface area contributed by atoms with Crippen molar-refractivity contribution in [1.29, 1.82) is 0 Å². The van der Waals surface area contributed by atoms with E-state index in [2.05, 4.69) is 15.6 Å². The number of ether oxygens (including phenoxy) is 1. The zero-order valence-corrected chi connectivity index (χ0v) is 15.7. The lowest BCUT2D eigenvalue weighted by Crippen LogP contribution is -2.28. The van der Waals surface area contributed by atoms with Crippen molar-refractivity contribution in [2.75, 3.05) is 25.1 Å². The molecule has 2 rings (SSSR count). The Bertz CT molecular complexity index is 641. The van der Waals surface area contributed by atoms with Gasteiger partial charge in [0.05, 0.1) is 0 Å². The Labute approximate surface area is 152 Å². The van der Waals surface area contributed by atoms with E-state index >= 15 is 0 Å². The van der Waals surface area contributed by atoms with Crippen LogP contribution < -0.4 is 10.6 Å². The van der Waals surface area contributed by atoms with Gasteiger partial charge in [0.1, 0.15) is 5.25 Å². The summed E-state index contributed by atoms with van der Waals surface area (Å²) in [5, 5.41) is 5.81. The van der Waals surface area contributed by atoms with E-state index in [9.17, 15) is 9.59 Å². The maximum Gasteiger partial charge on any atom is 0.240 e. The van der Waals surface area contributed by atoms with Gasteiger partial charge in [-0.25, -0.2) is 0 Å². The van der Waals surface area contributed by atoms with Crippen LogP contribution in [0.15, 0.2) is 23.2 Å². The van der Waals surface area contributed by atoms with Gasteiger partial charge in [-0.05, 0) is 38.3 Å². The van der Waals surface area contributed by atoms with Gasteiger partial charge in [-0.15, -0.1) is 0 Å². The molecule has 6 nitrogen and oxygen atoms in total. The lowest BCUT2D eigenvalue weighted by molar-refractivity contribution is -0.122. The molecule has 1 aliphatic heterocycles. The number of hydrogen-bond acceptors (Lipinski definition) is 5. The van der Waals surface area contributed by atoms with Gasteiger partial charge < -0.3 is 15.4 Å². The molecule has 7 heteroatoms. The molecule has 1 heterocycles. The number of carbonyl (C=O) groups excluding carboxylic acids is 2. The molecule has 1 aromatic rings. The minimum Gasteiger partial charge on any atom is -0.382 e. The molecule has 1 saturated heterocycles. The number of aryl methyl sites for hydroxylation is 2. The average molecular weight is 363 g/mol. The molecule has 0 unspecified atom stereocenters. The van der Waals surface area contributed by atoms with Crippen LogP contribution in [-0.4, -0.2) is 42.0 Å². The third-order valence-corrected chi connectivity index (χ3v) is 4.92. The molecule has 2 amide bonds. The third-order valence-electron chi connectivity index (χ3n) is 3.80. The van der Waals surface area contributed by atoms with E-state index < -0.39 is 5.25 Å². The van der Waals surface area contributed by atoms with Crippen molar-refractivity contribution in [2.24, 2.45) is 4.99 Å². The molecule has 1 atom stereocenters. The van der Waals surface area contributed by atoms with Gasteiger partial charge in [-0.2, -0.15) is 0 Å². The maximum absolute atomic E-state index is 12.3. The second-order valence-corrected chi connectivity index (χ2v) is 7.04. The quantitative estimate of drug-likeness (QED) is 0.696. The molecule has 1 aromatic carbocycles. The Hall–Kier alpha value is -1.86. The lowest BCUT2D eigenvalue weighted by atomic mass is 10.1. The Balaban J connectivity index is 1.85. The Morgan fingerprint density at radius 2 is 2.08 bits per heavy atom. The standard InChI is InChI=1S/C18H25N3O3S/c1-4-24-10-6-9-19-18-21-17(23)14(25-18)11-15(22)20-16-12(2)7-5-8-13(16)3/h5,7-8,14H,4,6,9-11H2,1-3H3,(H,20,22)(H,19,21,23)/t14-/m0/s1. The molecular formula is C18H25N3O3S. The number of nitrogens with zero attached hydrogens (tertiary/aromatic N) is 1. The largest absolute Gasteiger partial charge is 0.382 e. The fourth-order valence-corrected chi connectivity index (χ4v) is 3.47. The molecule has 2 N–H and O–H groups in total. The first-order valence-corrected chi connectivity index (χ1v) is 9.35. The molecule has 0 saturated carbocycles. The van der Waals surface area contributed by atoms with E-state index in [-0.39, 0.29) is 18.2 Å². The first kappa shape index (κ1) is 19.5. The molecule has 0 spiro atoms. The summed E-state index contributed by atoms with van der Waals surface area (Å²) < 4.78 is 5.25. The van der Waals surface area contributed by atoms with Crippen LogP contribution in [0.25, 0.3) is 0 Å². The van der Waals surface area contributed by atoms with E-state index in [0.29, 0.717) is 24.9 Å². The normalized spacial score (nSPS) is 18.4. The number of carbonyl (C=O) groups is 2. The molecule has 25 heavy (non-hydrogen) atoms. The number of amidine groups is 1. The highest BCUT2D eigenvalue weighted by Gasteiger charge is 2.32. The maximum atomic E-state index is 12.3. The van der Waals surface area contributed by atoms with Gasteiger partial charge in [0.15, 0.2) is 5.17 Å². The molecule has 0 aliphatic carbocycles. The summed E-state index contributed by atoms with van der Waals surface area (Å²) in [7, 11) is 0. The van der Waals surface area contributed by atoms with Crippen LogP contribution in [0.4, 0.5) is 5.69 Å². The second kappa shape index (κ2) is 9.58. The summed E-state index contributed by atoms with van der Waals surface area (Å²) >= 11 is 1.32. The van der Waals surface area contributed by atoms with Gasteiger partial charge in [0, 0.05) is 31.9 Å². The van der Waals surface area contributed by atoms with Gasteiger partial charge in [-0.3, -0.25) is 14.6 Å². The van der Waals surface area contributed by atoms with Crippen molar-refractivity contribution >= 4 is 34.4 Å². The zero-order chi connectivity index (χ0) is 18.2. The third kappa shape index (κ3) is 5.86. The number of rotatable bonds is 8. The lowest BCUT2D eigenvalue weighted by Gasteiger charge is -2.12. The van der Waals surface area contributed by atoms with Crippen molar-refractivity contribution in [1.82, 2.24) is 5.32 Å². The molecular weight excluding hydrogens is 338 g/mol. The number of hydrogen-bond donors (Lipinski definition) is 2. The summed E-state index contributed by atoms with van der Waals surface area (Å²) in [5.41, 5.74) is 2.84.